The summed E-state index contributed by atoms with van der Waals surface area (Å²) >= 11 is 6.02. The molecule has 2 N–H and O–H groups in total. The van der Waals surface area contributed by atoms with E-state index in [9.17, 15) is 0 Å². The van der Waals surface area contributed by atoms with Crippen molar-refractivity contribution >= 4 is 11.6 Å². The predicted octanol–water partition coefficient (Wildman–Crippen LogP) is 3.06. The fourth-order valence-electron chi connectivity index (χ4n) is 1.43. The van der Waals surface area contributed by atoms with E-state index in [-0.39, 0.29) is 0 Å². The lowest BCUT2D eigenvalue weighted by molar-refractivity contribution is 0.581. The molecule has 14 heavy (non-hydrogen) atoms. The van der Waals surface area contributed by atoms with Crippen LogP contribution < -0.4 is 5.73 Å². The molecule has 3 heteroatoms. The molecule has 0 atom stereocenters. The summed E-state index contributed by atoms with van der Waals surface area (Å²) < 4.78 is 5.30. The molecule has 1 aromatic heterocycles. The molecule has 1 heterocycles. The van der Waals surface area contributed by atoms with Gasteiger partial charge in [0.25, 0.3) is 0 Å². The van der Waals surface area contributed by atoms with Gasteiger partial charge in [-0.15, -0.1) is 0 Å². The van der Waals surface area contributed by atoms with E-state index in [0.29, 0.717) is 11.6 Å². The highest BCUT2D eigenvalue weighted by Gasteiger charge is 2.08. The molecule has 0 amide bonds. The molecule has 0 aliphatic heterocycles. The van der Waals surface area contributed by atoms with Crippen molar-refractivity contribution in [3.8, 4) is 11.3 Å². The van der Waals surface area contributed by atoms with E-state index >= 15 is 0 Å². The summed E-state index contributed by atoms with van der Waals surface area (Å²) in [6.07, 6.45) is 1.64. The predicted molar refractivity (Wildman–Crippen MR) is 57.0 cm³/mol. The van der Waals surface area contributed by atoms with Gasteiger partial charge in [-0.25, -0.2) is 0 Å². The van der Waals surface area contributed by atoms with E-state index in [1.165, 1.54) is 0 Å². The first-order valence-electron chi connectivity index (χ1n) is 4.34. The molecule has 0 aliphatic carbocycles. The van der Waals surface area contributed by atoms with Crippen LogP contribution in [0.1, 0.15) is 5.56 Å². The van der Waals surface area contributed by atoms with Crippen LogP contribution in [-0.2, 0) is 6.54 Å². The minimum absolute atomic E-state index is 0.412. The first-order chi connectivity index (χ1) is 6.83. The van der Waals surface area contributed by atoms with Gasteiger partial charge in [-0.3, -0.25) is 0 Å². The van der Waals surface area contributed by atoms with Crippen molar-refractivity contribution in [2.45, 2.75) is 6.54 Å². The smallest absolute Gasteiger partial charge is 0.134 e. The third kappa shape index (κ3) is 1.54. The van der Waals surface area contributed by atoms with Crippen LogP contribution in [0.15, 0.2) is 41.0 Å². The number of hydrogen-bond donors (Lipinski definition) is 1. The van der Waals surface area contributed by atoms with E-state index in [1.807, 2.05) is 30.3 Å². The van der Waals surface area contributed by atoms with Gasteiger partial charge in [0, 0.05) is 17.1 Å². The monoisotopic (exact) mass is 207 g/mol. The second-order valence-corrected chi connectivity index (χ2v) is 3.35. The molecule has 0 saturated heterocycles. The summed E-state index contributed by atoms with van der Waals surface area (Å²) in [6, 6.07) is 9.41. The van der Waals surface area contributed by atoms with Crippen molar-refractivity contribution < 1.29 is 4.42 Å². The van der Waals surface area contributed by atoms with Crippen molar-refractivity contribution in [3.63, 3.8) is 0 Å². The Kier molecular flexibility index (Phi) is 2.57. The van der Waals surface area contributed by atoms with Gasteiger partial charge in [0.1, 0.15) is 5.76 Å². The summed E-state index contributed by atoms with van der Waals surface area (Å²) in [4.78, 5) is 0. The van der Waals surface area contributed by atoms with E-state index in [4.69, 9.17) is 21.8 Å². The quantitative estimate of drug-likeness (QED) is 0.822. The van der Waals surface area contributed by atoms with Gasteiger partial charge in [-0.05, 0) is 23.8 Å². The maximum absolute atomic E-state index is 6.02. The third-order valence-electron chi connectivity index (χ3n) is 2.11. The topological polar surface area (TPSA) is 39.2 Å². The van der Waals surface area contributed by atoms with Crippen molar-refractivity contribution in [2.24, 2.45) is 5.73 Å². The zero-order chi connectivity index (χ0) is 9.97. The standard InChI is InChI=1S/C11H10ClNO/c12-10-4-1-3-8(9(10)7-13)11-5-2-6-14-11/h1-6H,7,13H2. The molecular weight excluding hydrogens is 198 g/mol. The number of nitrogens with two attached hydrogens (primary N) is 1. The fourth-order valence-corrected chi connectivity index (χ4v) is 1.68. The van der Waals surface area contributed by atoms with Crippen molar-refractivity contribution in [2.75, 3.05) is 0 Å². The number of hydrogen-bond acceptors (Lipinski definition) is 2. The number of halogens is 1. The average Bonchev–Trinajstić information content (AvgIpc) is 2.70. The second-order valence-electron chi connectivity index (χ2n) is 2.95. The van der Waals surface area contributed by atoms with E-state index in [0.717, 1.165) is 16.9 Å². The maximum Gasteiger partial charge on any atom is 0.134 e. The zero-order valence-electron chi connectivity index (χ0n) is 7.53. The van der Waals surface area contributed by atoms with Crippen LogP contribution in [0.25, 0.3) is 11.3 Å². The van der Waals surface area contributed by atoms with E-state index < -0.39 is 0 Å². The Labute approximate surface area is 87.3 Å². The summed E-state index contributed by atoms with van der Waals surface area (Å²) in [5.41, 5.74) is 7.51. The lowest BCUT2D eigenvalue weighted by Crippen LogP contribution is -1.99. The van der Waals surface area contributed by atoms with E-state index in [2.05, 4.69) is 0 Å². The molecule has 0 aliphatic rings. The van der Waals surface area contributed by atoms with Crippen LogP contribution in [0.3, 0.4) is 0 Å². The minimum atomic E-state index is 0.412. The number of furan rings is 1. The highest BCUT2D eigenvalue weighted by Crippen LogP contribution is 2.28. The second kappa shape index (κ2) is 3.86. The Morgan fingerprint density at radius 1 is 1.21 bits per heavy atom. The molecule has 0 unspecified atom stereocenters. The van der Waals surface area contributed by atoms with Gasteiger partial charge < -0.3 is 10.2 Å². The fraction of sp³-hybridized carbons (Fsp3) is 0.0909. The highest BCUT2D eigenvalue weighted by molar-refractivity contribution is 6.31. The summed E-state index contributed by atoms with van der Waals surface area (Å²) in [5.74, 6) is 0.799. The lowest BCUT2D eigenvalue weighted by atomic mass is 10.1. The van der Waals surface area contributed by atoms with Crippen molar-refractivity contribution in [3.05, 3.63) is 47.2 Å². The van der Waals surface area contributed by atoms with Crippen molar-refractivity contribution in [1.82, 2.24) is 0 Å². The van der Waals surface area contributed by atoms with E-state index in [1.54, 1.807) is 6.26 Å². The molecule has 0 radical (unpaired) electrons. The molecule has 1 aromatic carbocycles. The normalized spacial score (nSPS) is 10.4. The Balaban J connectivity index is 2.58. The molecule has 0 fully saturated rings. The van der Waals surface area contributed by atoms with Crippen LogP contribution in [0.2, 0.25) is 5.02 Å². The third-order valence-corrected chi connectivity index (χ3v) is 2.46. The minimum Gasteiger partial charge on any atom is -0.464 e. The Morgan fingerprint density at radius 3 is 2.71 bits per heavy atom. The SMILES string of the molecule is NCc1c(Cl)cccc1-c1ccco1. The van der Waals surface area contributed by atoms with Crippen LogP contribution >= 0.6 is 11.6 Å². The largest absolute Gasteiger partial charge is 0.464 e. The molecule has 0 bridgehead atoms. The van der Waals surface area contributed by atoms with Crippen LogP contribution in [-0.4, -0.2) is 0 Å². The highest BCUT2D eigenvalue weighted by atomic mass is 35.5. The number of benzene rings is 1. The molecule has 2 aromatic rings. The molecule has 0 spiro atoms. The molecular formula is C11H10ClNO. The van der Waals surface area contributed by atoms with Gasteiger partial charge in [0.05, 0.1) is 6.26 Å². The average molecular weight is 208 g/mol. The van der Waals surface area contributed by atoms with Gasteiger partial charge in [0.15, 0.2) is 0 Å². The van der Waals surface area contributed by atoms with Gasteiger partial charge in [-0.1, -0.05) is 23.7 Å². The maximum atomic E-state index is 6.02. The Morgan fingerprint density at radius 2 is 2.07 bits per heavy atom. The van der Waals surface area contributed by atoms with Gasteiger partial charge >= 0.3 is 0 Å². The summed E-state index contributed by atoms with van der Waals surface area (Å²) in [5, 5.41) is 0.682. The number of rotatable bonds is 2. The first-order valence-corrected chi connectivity index (χ1v) is 4.72. The summed E-state index contributed by atoms with van der Waals surface area (Å²) in [6.45, 7) is 0.412. The van der Waals surface area contributed by atoms with Crippen molar-refractivity contribution in [1.29, 1.82) is 0 Å². The molecule has 72 valence electrons. The Bertz CT molecular complexity index is 423. The molecule has 2 rings (SSSR count). The first kappa shape index (κ1) is 9.31. The van der Waals surface area contributed by atoms with Gasteiger partial charge in [0.2, 0.25) is 0 Å². The molecule has 0 saturated carbocycles. The van der Waals surface area contributed by atoms with Crippen LogP contribution in [0.5, 0.6) is 0 Å². The van der Waals surface area contributed by atoms with Crippen LogP contribution in [0, 0.1) is 0 Å². The van der Waals surface area contributed by atoms with Crippen LogP contribution in [0.4, 0.5) is 0 Å². The summed E-state index contributed by atoms with van der Waals surface area (Å²) in [7, 11) is 0. The molecule has 2 nitrogen and oxygen atoms in total. The zero-order valence-corrected chi connectivity index (χ0v) is 8.29. The van der Waals surface area contributed by atoms with Gasteiger partial charge in [-0.2, -0.15) is 0 Å². The Hall–Kier alpha value is -1.25. The lowest BCUT2D eigenvalue weighted by Gasteiger charge is -2.06.